The third kappa shape index (κ3) is 5.58. The first-order chi connectivity index (χ1) is 20.7. The SMILES string of the molecule is CC1CC(/C=C2\Oc3cc4ccccc4cc3N2C)=CC(=C/c2sc3ccc4ccccc4c3[n+]2CCCS(=O)(=O)[O-])/C1. The number of allylic oxidation sites excluding steroid dienone is 4. The van der Waals surface area contributed by atoms with Gasteiger partial charge in [0.05, 0.1) is 21.2 Å². The summed E-state index contributed by atoms with van der Waals surface area (Å²) in [5, 5.41) is 5.65. The topological polar surface area (TPSA) is 73.5 Å². The zero-order valence-corrected chi connectivity index (χ0v) is 25.8. The lowest BCUT2D eigenvalue weighted by atomic mass is 9.86. The van der Waals surface area contributed by atoms with Crippen LogP contribution in [0.3, 0.4) is 0 Å². The Balaban J connectivity index is 1.26. The molecule has 218 valence electrons. The van der Waals surface area contributed by atoms with E-state index in [0.717, 1.165) is 61.5 Å². The van der Waals surface area contributed by atoms with Crippen LogP contribution >= 0.6 is 11.3 Å². The molecule has 43 heavy (non-hydrogen) atoms. The van der Waals surface area contributed by atoms with Crippen molar-refractivity contribution in [3.8, 4) is 5.75 Å². The standard InChI is InChI=1S/C35H32N2O4S2/c1-23-16-24(19-33-36(2)30-21-27-9-3-4-10-28(27)22-31(30)41-33)18-25(17-23)20-34-37(14-7-15-43(38,39)40)35-29-11-6-5-8-26(29)12-13-32(35)42-34/h3-6,8-13,18-23H,7,14-17H2,1-2H3. The van der Waals surface area contributed by atoms with E-state index in [0.29, 0.717) is 12.5 Å². The molecule has 4 aromatic carbocycles. The first kappa shape index (κ1) is 27.8. The molecule has 0 spiro atoms. The smallest absolute Gasteiger partial charge is 0.263 e. The van der Waals surface area contributed by atoms with E-state index in [1.165, 1.54) is 16.5 Å². The largest absolute Gasteiger partial charge is 0.748 e. The van der Waals surface area contributed by atoms with Gasteiger partial charge in [-0.05, 0) is 70.3 Å². The molecule has 0 saturated carbocycles. The van der Waals surface area contributed by atoms with Gasteiger partial charge in [0, 0.05) is 31.4 Å². The fourth-order valence-electron chi connectivity index (χ4n) is 6.33. The van der Waals surface area contributed by atoms with Crippen LogP contribution in [-0.2, 0) is 16.7 Å². The highest BCUT2D eigenvalue weighted by Crippen LogP contribution is 2.42. The molecule has 1 atom stereocenters. The highest BCUT2D eigenvalue weighted by atomic mass is 32.2. The quantitative estimate of drug-likeness (QED) is 0.147. The lowest BCUT2D eigenvalue weighted by Gasteiger charge is -2.20. The van der Waals surface area contributed by atoms with Crippen molar-refractivity contribution >= 4 is 65.0 Å². The molecule has 0 fully saturated rings. The second-order valence-corrected chi connectivity index (χ2v) is 14.2. The molecule has 1 unspecified atom stereocenters. The maximum atomic E-state index is 11.4. The van der Waals surface area contributed by atoms with Gasteiger partial charge in [-0.15, -0.1) is 0 Å². The number of hydrogen-bond donors (Lipinski definition) is 0. The number of benzene rings is 4. The number of rotatable bonds is 6. The third-order valence-electron chi connectivity index (χ3n) is 8.28. The maximum Gasteiger partial charge on any atom is 0.263 e. The summed E-state index contributed by atoms with van der Waals surface area (Å²) in [6.07, 6.45) is 8.82. The molecular weight excluding hydrogens is 577 g/mol. The normalized spacial score (nSPS) is 19.0. The van der Waals surface area contributed by atoms with Crippen LogP contribution in [0.2, 0.25) is 0 Å². The van der Waals surface area contributed by atoms with Crippen molar-refractivity contribution < 1.29 is 22.3 Å². The van der Waals surface area contributed by atoms with Crippen LogP contribution in [0.1, 0.15) is 31.2 Å². The average molecular weight is 609 g/mol. The summed E-state index contributed by atoms with van der Waals surface area (Å²) in [5.41, 5.74) is 4.57. The molecule has 0 radical (unpaired) electrons. The molecule has 1 aromatic heterocycles. The van der Waals surface area contributed by atoms with Gasteiger partial charge in [0.1, 0.15) is 4.70 Å². The predicted molar refractivity (Wildman–Crippen MR) is 174 cm³/mol. The summed E-state index contributed by atoms with van der Waals surface area (Å²) < 4.78 is 43.9. The van der Waals surface area contributed by atoms with Gasteiger partial charge >= 0.3 is 0 Å². The fourth-order valence-corrected chi connectivity index (χ4v) is 8.00. The van der Waals surface area contributed by atoms with Crippen LogP contribution < -0.4 is 14.2 Å². The summed E-state index contributed by atoms with van der Waals surface area (Å²) >= 11 is 1.70. The zero-order valence-electron chi connectivity index (χ0n) is 24.1. The molecule has 0 N–H and O–H groups in total. The van der Waals surface area contributed by atoms with Gasteiger partial charge in [0.25, 0.3) is 5.01 Å². The second-order valence-electron chi connectivity index (χ2n) is 11.6. The first-order valence-electron chi connectivity index (χ1n) is 14.6. The predicted octanol–water partition coefficient (Wildman–Crippen LogP) is 7.54. The Bertz CT molecular complexity index is 2110. The van der Waals surface area contributed by atoms with E-state index in [1.54, 1.807) is 11.3 Å². The maximum absolute atomic E-state index is 11.4. The Morgan fingerprint density at radius 2 is 1.74 bits per heavy atom. The van der Waals surface area contributed by atoms with Crippen molar-refractivity contribution in [2.45, 2.75) is 32.7 Å². The van der Waals surface area contributed by atoms with Gasteiger partial charge in [-0.25, -0.2) is 8.42 Å². The summed E-state index contributed by atoms with van der Waals surface area (Å²) in [4.78, 5) is 2.11. The minimum atomic E-state index is -4.28. The monoisotopic (exact) mass is 608 g/mol. The summed E-state index contributed by atoms with van der Waals surface area (Å²) in [7, 11) is -2.24. The van der Waals surface area contributed by atoms with E-state index < -0.39 is 10.1 Å². The highest BCUT2D eigenvalue weighted by Gasteiger charge is 2.26. The minimum absolute atomic E-state index is 0.268. The Kier molecular flexibility index (Phi) is 7.08. The van der Waals surface area contributed by atoms with Gasteiger partial charge in [-0.1, -0.05) is 72.9 Å². The Morgan fingerprint density at radius 1 is 1.00 bits per heavy atom. The van der Waals surface area contributed by atoms with E-state index in [-0.39, 0.29) is 12.2 Å². The van der Waals surface area contributed by atoms with Crippen LogP contribution in [0.25, 0.3) is 37.8 Å². The van der Waals surface area contributed by atoms with Gasteiger partial charge in [-0.3, -0.25) is 0 Å². The average Bonchev–Trinajstić information content (AvgIpc) is 3.47. The zero-order chi connectivity index (χ0) is 29.7. The first-order valence-corrected chi connectivity index (χ1v) is 17.0. The molecule has 1 aliphatic carbocycles. The number of aromatic nitrogens is 1. The van der Waals surface area contributed by atoms with Crippen molar-refractivity contribution in [3.63, 3.8) is 0 Å². The molecule has 5 aromatic rings. The number of thiazole rings is 1. The van der Waals surface area contributed by atoms with Crippen molar-refractivity contribution in [1.82, 2.24) is 0 Å². The number of ether oxygens (including phenoxy) is 1. The third-order valence-corrected chi connectivity index (χ3v) is 10.2. The summed E-state index contributed by atoms with van der Waals surface area (Å²) in [6.45, 7) is 2.72. The van der Waals surface area contributed by atoms with E-state index in [1.807, 2.05) is 25.2 Å². The van der Waals surface area contributed by atoms with Crippen LogP contribution in [0.5, 0.6) is 5.75 Å². The molecular formula is C35H32N2O4S2. The van der Waals surface area contributed by atoms with Crippen molar-refractivity contribution in [2.24, 2.45) is 5.92 Å². The molecule has 1 aliphatic heterocycles. The number of aryl methyl sites for hydroxylation is 1. The summed E-state index contributed by atoms with van der Waals surface area (Å²) in [5.74, 6) is 1.76. The molecule has 6 nitrogen and oxygen atoms in total. The molecule has 0 bridgehead atoms. The van der Waals surface area contributed by atoms with Gasteiger partial charge in [0.15, 0.2) is 12.3 Å². The Labute approximate surface area is 255 Å². The van der Waals surface area contributed by atoms with Crippen molar-refractivity contribution in [1.29, 1.82) is 0 Å². The lowest BCUT2D eigenvalue weighted by molar-refractivity contribution is -0.667. The van der Waals surface area contributed by atoms with Crippen LogP contribution in [-0.4, -0.2) is 25.8 Å². The molecule has 2 aliphatic rings. The van der Waals surface area contributed by atoms with Gasteiger partial charge < -0.3 is 14.2 Å². The molecule has 8 heteroatoms. The van der Waals surface area contributed by atoms with E-state index in [4.69, 9.17) is 4.74 Å². The van der Waals surface area contributed by atoms with E-state index >= 15 is 0 Å². The number of nitrogens with zero attached hydrogens (tertiary/aromatic N) is 2. The number of hydrogen-bond acceptors (Lipinski definition) is 6. The molecule has 0 saturated heterocycles. The van der Waals surface area contributed by atoms with Crippen molar-refractivity contribution in [2.75, 3.05) is 17.7 Å². The Morgan fingerprint density at radius 3 is 2.53 bits per heavy atom. The molecule has 2 heterocycles. The van der Waals surface area contributed by atoms with Gasteiger partial charge in [-0.2, -0.15) is 4.57 Å². The molecule has 7 rings (SSSR count). The number of fused-ring (bicyclic) bond motifs is 5. The van der Waals surface area contributed by atoms with Crippen molar-refractivity contribution in [3.05, 3.63) is 107 Å². The van der Waals surface area contributed by atoms with E-state index in [9.17, 15) is 13.0 Å². The second kappa shape index (κ2) is 10.9. The van der Waals surface area contributed by atoms with E-state index in [2.05, 4.69) is 89.2 Å². The van der Waals surface area contributed by atoms with Crippen LogP contribution in [0, 0.1) is 5.92 Å². The number of anilines is 1. The fraction of sp³-hybridized carbons (Fsp3) is 0.229. The highest BCUT2D eigenvalue weighted by molar-refractivity contribution is 7.85. The van der Waals surface area contributed by atoms with Gasteiger partial charge in [0.2, 0.25) is 11.4 Å². The Hall–Kier alpha value is -3.98. The minimum Gasteiger partial charge on any atom is -0.748 e. The summed E-state index contributed by atoms with van der Waals surface area (Å²) in [6, 6.07) is 25.1. The lowest BCUT2D eigenvalue weighted by Crippen LogP contribution is -2.36. The molecule has 0 amide bonds. The van der Waals surface area contributed by atoms with Crippen LogP contribution in [0.15, 0.2) is 102 Å². The van der Waals surface area contributed by atoms with Crippen LogP contribution in [0.4, 0.5) is 5.69 Å².